The zero-order valence-corrected chi connectivity index (χ0v) is 12.0. The lowest BCUT2D eigenvalue weighted by molar-refractivity contribution is 0.113. The van der Waals surface area contributed by atoms with Crippen molar-refractivity contribution >= 4 is 33.5 Å². The van der Waals surface area contributed by atoms with Gasteiger partial charge >= 0.3 is 0 Å². The Kier molecular flexibility index (Phi) is 6.79. The Morgan fingerprint density at radius 2 is 2.29 bits per heavy atom. The zero-order valence-electron chi connectivity index (χ0n) is 9.56. The molecule has 17 heavy (non-hydrogen) atoms. The van der Waals surface area contributed by atoms with Crippen LogP contribution < -0.4 is 5.32 Å². The largest absolute Gasteiger partial charge is 0.394 e. The Bertz CT molecular complexity index is 354. The Labute approximate surface area is 113 Å². The number of hydrogen-bond acceptors (Lipinski definition) is 6. The van der Waals surface area contributed by atoms with E-state index in [2.05, 4.69) is 38.1 Å². The minimum atomic E-state index is -0.728. The maximum absolute atomic E-state index is 9.28. The van der Waals surface area contributed by atoms with E-state index in [9.17, 15) is 5.11 Å². The van der Waals surface area contributed by atoms with Crippen molar-refractivity contribution in [1.29, 1.82) is 0 Å². The Balaban J connectivity index is 2.65. The van der Waals surface area contributed by atoms with E-state index in [0.29, 0.717) is 5.75 Å². The molecule has 0 spiro atoms. The number of hydrogen-bond donors (Lipinski definition) is 3. The van der Waals surface area contributed by atoms with Gasteiger partial charge in [-0.1, -0.05) is 6.92 Å². The highest BCUT2D eigenvalue weighted by Gasteiger charge is 2.10. The number of nitrogens with zero attached hydrogens (tertiary/aromatic N) is 2. The first-order valence-corrected chi connectivity index (χ1v) is 7.13. The SMILES string of the molecule is CCCNc1ncnc(SCC(O)CO)c1Br. The molecule has 1 aromatic rings. The van der Waals surface area contributed by atoms with E-state index in [1.165, 1.54) is 18.1 Å². The summed E-state index contributed by atoms with van der Waals surface area (Å²) >= 11 is 4.81. The second kappa shape index (κ2) is 7.86. The number of thioether (sulfide) groups is 1. The molecule has 96 valence electrons. The van der Waals surface area contributed by atoms with Gasteiger partial charge in [0.1, 0.15) is 17.2 Å². The zero-order chi connectivity index (χ0) is 12.7. The van der Waals surface area contributed by atoms with Gasteiger partial charge in [-0.2, -0.15) is 0 Å². The third kappa shape index (κ3) is 4.79. The lowest BCUT2D eigenvalue weighted by Crippen LogP contribution is -2.14. The first kappa shape index (κ1) is 14.7. The van der Waals surface area contributed by atoms with Gasteiger partial charge in [0.15, 0.2) is 0 Å². The number of nitrogens with one attached hydrogen (secondary N) is 1. The summed E-state index contributed by atoms with van der Waals surface area (Å²) in [5.74, 6) is 1.15. The molecule has 0 aromatic carbocycles. The smallest absolute Gasteiger partial charge is 0.144 e. The van der Waals surface area contributed by atoms with Crippen molar-refractivity contribution in [3.63, 3.8) is 0 Å². The summed E-state index contributed by atoms with van der Waals surface area (Å²) in [5, 5.41) is 21.9. The highest BCUT2D eigenvalue weighted by atomic mass is 79.9. The Morgan fingerprint density at radius 3 is 2.94 bits per heavy atom. The molecular formula is C10H16BrN3O2S. The molecule has 0 saturated heterocycles. The first-order valence-electron chi connectivity index (χ1n) is 5.35. The highest BCUT2D eigenvalue weighted by molar-refractivity contribution is 9.10. The van der Waals surface area contributed by atoms with Crippen molar-refractivity contribution in [3.05, 3.63) is 10.8 Å². The molecule has 3 N–H and O–H groups in total. The third-order valence-electron chi connectivity index (χ3n) is 1.92. The topological polar surface area (TPSA) is 78.3 Å². The molecule has 0 bridgehead atoms. The normalized spacial score (nSPS) is 12.5. The van der Waals surface area contributed by atoms with E-state index in [1.807, 2.05) is 0 Å². The Hall–Kier alpha value is -0.370. The number of rotatable bonds is 7. The van der Waals surface area contributed by atoms with Crippen molar-refractivity contribution in [2.75, 3.05) is 24.2 Å². The fourth-order valence-electron chi connectivity index (χ4n) is 1.05. The van der Waals surface area contributed by atoms with Crippen LogP contribution in [0.25, 0.3) is 0 Å². The summed E-state index contributed by atoms with van der Waals surface area (Å²) in [6, 6.07) is 0. The molecular weight excluding hydrogens is 306 g/mol. The second-order valence-electron chi connectivity index (χ2n) is 3.42. The summed E-state index contributed by atoms with van der Waals surface area (Å²) in [7, 11) is 0. The predicted octanol–water partition coefficient (Wildman–Crippen LogP) is 1.51. The van der Waals surface area contributed by atoms with Crippen LogP contribution in [0.4, 0.5) is 5.82 Å². The van der Waals surface area contributed by atoms with Gasteiger partial charge in [0.05, 0.1) is 17.2 Å². The van der Waals surface area contributed by atoms with Gasteiger partial charge in [0.25, 0.3) is 0 Å². The lowest BCUT2D eigenvalue weighted by atomic mass is 10.4. The van der Waals surface area contributed by atoms with Crippen molar-refractivity contribution in [3.8, 4) is 0 Å². The predicted molar refractivity (Wildman–Crippen MR) is 72.3 cm³/mol. The van der Waals surface area contributed by atoms with Gasteiger partial charge in [-0.25, -0.2) is 9.97 Å². The molecule has 0 aliphatic heterocycles. The van der Waals surface area contributed by atoms with E-state index >= 15 is 0 Å². The van der Waals surface area contributed by atoms with Gasteiger partial charge in [-0.15, -0.1) is 11.8 Å². The van der Waals surface area contributed by atoms with Gasteiger partial charge < -0.3 is 15.5 Å². The number of aliphatic hydroxyl groups is 2. The van der Waals surface area contributed by atoms with E-state index in [4.69, 9.17) is 5.11 Å². The number of aromatic nitrogens is 2. The van der Waals surface area contributed by atoms with Crippen LogP contribution in [0.1, 0.15) is 13.3 Å². The molecule has 1 rings (SSSR count). The summed E-state index contributed by atoms with van der Waals surface area (Å²) < 4.78 is 0.795. The summed E-state index contributed by atoms with van der Waals surface area (Å²) in [5.41, 5.74) is 0. The molecule has 7 heteroatoms. The number of halogens is 1. The van der Waals surface area contributed by atoms with E-state index in [-0.39, 0.29) is 6.61 Å². The van der Waals surface area contributed by atoms with E-state index in [0.717, 1.165) is 28.3 Å². The average molecular weight is 322 g/mol. The molecule has 0 amide bonds. The van der Waals surface area contributed by atoms with Gasteiger partial charge in [0, 0.05) is 12.3 Å². The fourth-order valence-corrected chi connectivity index (χ4v) is 2.54. The highest BCUT2D eigenvalue weighted by Crippen LogP contribution is 2.30. The van der Waals surface area contributed by atoms with Crippen molar-refractivity contribution in [1.82, 2.24) is 9.97 Å². The molecule has 0 aliphatic rings. The summed E-state index contributed by atoms with van der Waals surface area (Å²) in [6.45, 7) is 2.69. The van der Waals surface area contributed by atoms with Crippen molar-refractivity contribution in [2.45, 2.75) is 24.5 Å². The van der Waals surface area contributed by atoms with Gasteiger partial charge in [0.2, 0.25) is 0 Å². The summed E-state index contributed by atoms with van der Waals surface area (Å²) in [6.07, 6.45) is 1.77. The minimum Gasteiger partial charge on any atom is -0.394 e. The van der Waals surface area contributed by atoms with Crippen LogP contribution in [0.2, 0.25) is 0 Å². The van der Waals surface area contributed by atoms with E-state index < -0.39 is 6.10 Å². The van der Waals surface area contributed by atoms with Crippen LogP contribution in [0.15, 0.2) is 15.8 Å². The molecule has 0 fully saturated rings. The van der Waals surface area contributed by atoms with Gasteiger partial charge in [-0.3, -0.25) is 0 Å². The number of aliphatic hydroxyl groups excluding tert-OH is 2. The van der Waals surface area contributed by atoms with Crippen LogP contribution >= 0.6 is 27.7 Å². The van der Waals surface area contributed by atoms with Crippen molar-refractivity contribution in [2.24, 2.45) is 0 Å². The Morgan fingerprint density at radius 1 is 1.53 bits per heavy atom. The molecule has 0 saturated carbocycles. The molecule has 1 atom stereocenters. The molecule has 1 heterocycles. The lowest BCUT2D eigenvalue weighted by Gasteiger charge is -2.10. The number of anilines is 1. The van der Waals surface area contributed by atoms with Crippen LogP contribution in [0.5, 0.6) is 0 Å². The van der Waals surface area contributed by atoms with Crippen LogP contribution in [-0.4, -0.2) is 45.2 Å². The molecule has 1 unspecified atom stereocenters. The maximum atomic E-state index is 9.28. The maximum Gasteiger partial charge on any atom is 0.144 e. The minimum absolute atomic E-state index is 0.239. The quantitative estimate of drug-likeness (QED) is 0.522. The van der Waals surface area contributed by atoms with Crippen molar-refractivity contribution < 1.29 is 10.2 Å². The van der Waals surface area contributed by atoms with Crippen LogP contribution in [-0.2, 0) is 0 Å². The van der Waals surface area contributed by atoms with Gasteiger partial charge in [-0.05, 0) is 22.4 Å². The molecule has 1 aromatic heterocycles. The first-order chi connectivity index (χ1) is 8.19. The molecule has 0 aliphatic carbocycles. The van der Waals surface area contributed by atoms with E-state index in [1.54, 1.807) is 0 Å². The van der Waals surface area contributed by atoms with Crippen LogP contribution in [0, 0.1) is 0 Å². The summed E-state index contributed by atoms with van der Waals surface area (Å²) in [4.78, 5) is 8.25. The van der Waals surface area contributed by atoms with Crippen LogP contribution in [0.3, 0.4) is 0 Å². The molecule has 5 nitrogen and oxygen atoms in total. The fraction of sp³-hybridized carbons (Fsp3) is 0.600. The standard InChI is InChI=1S/C10H16BrN3O2S/c1-2-3-12-9-8(11)10(14-6-13-9)17-5-7(16)4-15/h6-7,15-16H,2-5H2,1H3,(H,12,13,14). The molecule has 0 radical (unpaired) electrons. The third-order valence-corrected chi connectivity index (χ3v) is 4.07. The monoisotopic (exact) mass is 321 g/mol. The average Bonchev–Trinajstić information content (AvgIpc) is 2.35. The second-order valence-corrected chi connectivity index (χ2v) is 5.22.